The second-order valence-corrected chi connectivity index (χ2v) is 9.37. The number of hydrogen-bond donors (Lipinski definition) is 1. The first-order chi connectivity index (χ1) is 15.3. The summed E-state index contributed by atoms with van der Waals surface area (Å²) < 4.78 is 5.22. The Kier molecular flexibility index (Phi) is 10.9. The Labute approximate surface area is 200 Å². The Hall–Kier alpha value is -2.18. The van der Waals surface area contributed by atoms with E-state index < -0.39 is 6.04 Å². The third kappa shape index (κ3) is 8.40. The molecule has 0 aliphatic heterocycles. The Morgan fingerprint density at radius 2 is 1.75 bits per heavy atom. The highest BCUT2D eigenvalue weighted by Gasteiger charge is 2.26. The first-order valence-electron chi connectivity index (χ1n) is 10.9. The molecule has 7 heteroatoms. The van der Waals surface area contributed by atoms with E-state index in [-0.39, 0.29) is 17.9 Å². The minimum atomic E-state index is -0.553. The number of halogens is 1. The molecule has 0 aliphatic carbocycles. The van der Waals surface area contributed by atoms with E-state index in [4.69, 9.17) is 16.3 Å². The molecular weight excluding hydrogens is 444 g/mol. The van der Waals surface area contributed by atoms with E-state index in [1.165, 1.54) is 0 Å². The van der Waals surface area contributed by atoms with Crippen molar-refractivity contribution in [2.45, 2.75) is 63.6 Å². The minimum Gasteiger partial charge on any atom is -0.497 e. The molecular formula is C25H33ClN2O3S. The van der Waals surface area contributed by atoms with Crippen LogP contribution in [0.25, 0.3) is 0 Å². The van der Waals surface area contributed by atoms with Crippen molar-refractivity contribution in [1.29, 1.82) is 0 Å². The summed E-state index contributed by atoms with van der Waals surface area (Å²) in [7, 11) is 1.62. The summed E-state index contributed by atoms with van der Waals surface area (Å²) >= 11 is 7.62. The van der Waals surface area contributed by atoms with Crippen LogP contribution in [0.4, 0.5) is 0 Å². The first-order valence-corrected chi connectivity index (χ1v) is 12.3. The van der Waals surface area contributed by atoms with E-state index in [0.717, 1.165) is 34.8 Å². The monoisotopic (exact) mass is 476 g/mol. The maximum atomic E-state index is 13.1. The molecule has 2 rings (SSSR count). The van der Waals surface area contributed by atoms with Crippen LogP contribution in [-0.2, 0) is 16.1 Å². The Morgan fingerprint density at radius 1 is 1.09 bits per heavy atom. The molecule has 0 bridgehead atoms. The van der Waals surface area contributed by atoms with E-state index in [2.05, 4.69) is 5.32 Å². The first kappa shape index (κ1) is 26.1. The minimum absolute atomic E-state index is 0.0238. The zero-order valence-corrected chi connectivity index (χ0v) is 20.8. The molecule has 0 saturated heterocycles. The van der Waals surface area contributed by atoms with Gasteiger partial charge in [0.1, 0.15) is 11.8 Å². The van der Waals surface area contributed by atoms with Crippen molar-refractivity contribution in [1.82, 2.24) is 10.2 Å². The molecule has 5 nitrogen and oxygen atoms in total. The van der Waals surface area contributed by atoms with Crippen molar-refractivity contribution >= 4 is 35.2 Å². The number of nitrogens with zero attached hydrogens (tertiary/aromatic N) is 1. The lowest BCUT2D eigenvalue weighted by Gasteiger charge is -2.30. The fourth-order valence-corrected chi connectivity index (χ4v) is 4.04. The van der Waals surface area contributed by atoms with E-state index in [1.54, 1.807) is 30.7 Å². The lowest BCUT2D eigenvalue weighted by atomic mass is 10.1. The number of benzene rings is 2. The van der Waals surface area contributed by atoms with Gasteiger partial charge in [-0.1, -0.05) is 30.7 Å². The lowest BCUT2D eigenvalue weighted by Crippen LogP contribution is -2.49. The highest BCUT2D eigenvalue weighted by atomic mass is 35.5. The van der Waals surface area contributed by atoms with Gasteiger partial charge in [0.15, 0.2) is 0 Å². The van der Waals surface area contributed by atoms with Crippen molar-refractivity contribution in [3.05, 3.63) is 59.1 Å². The number of nitrogens with one attached hydrogen (secondary N) is 1. The third-order valence-electron chi connectivity index (χ3n) is 5.30. The van der Waals surface area contributed by atoms with Gasteiger partial charge in [-0.05, 0) is 74.4 Å². The average molecular weight is 477 g/mol. The molecule has 0 aliphatic rings. The second-order valence-electron chi connectivity index (χ2n) is 7.77. The van der Waals surface area contributed by atoms with E-state index in [9.17, 15) is 9.59 Å². The standard InChI is InChI=1S/C25H33ClN2O3S/c1-5-18(2)27-25(30)19(3)28(17-20-8-12-22(31-4)13-9-20)24(29)7-6-16-32-23-14-10-21(26)11-15-23/h8-15,18-19H,5-7,16-17H2,1-4H3,(H,27,30)/t18-,19-/m0/s1. The van der Waals surface area contributed by atoms with Crippen molar-refractivity contribution in [2.24, 2.45) is 0 Å². The van der Waals surface area contributed by atoms with Gasteiger partial charge in [-0.2, -0.15) is 0 Å². The van der Waals surface area contributed by atoms with Crippen molar-refractivity contribution in [3.8, 4) is 5.75 Å². The molecule has 0 unspecified atom stereocenters. The zero-order chi connectivity index (χ0) is 23.5. The Bertz CT molecular complexity index is 858. The third-order valence-corrected chi connectivity index (χ3v) is 6.65. The number of methoxy groups -OCH3 is 1. The lowest BCUT2D eigenvalue weighted by molar-refractivity contribution is -0.140. The van der Waals surface area contributed by atoms with Crippen LogP contribution < -0.4 is 10.1 Å². The van der Waals surface area contributed by atoms with Gasteiger partial charge in [0.25, 0.3) is 0 Å². The topological polar surface area (TPSA) is 58.6 Å². The van der Waals surface area contributed by atoms with Crippen LogP contribution >= 0.6 is 23.4 Å². The van der Waals surface area contributed by atoms with E-state index in [1.807, 2.05) is 62.4 Å². The Balaban J connectivity index is 2.01. The van der Waals surface area contributed by atoms with Crippen LogP contribution in [0.1, 0.15) is 45.6 Å². The van der Waals surface area contributed by atoms with Crippen molar-refractivity contribution < 1.29 is 14.3 Å². The molecule has 32 heavy (non-hydrogen) atoms. The molecule has 0 fully saturated rings. The van der Waals surface area contributed by atoms with Gasteiger partial charge in [0.2, 0.25) is 11.8 Å². The summed E-state index contributed by atoms with van der Waals surface area (Å²) in [5.41, 5.74) is 0.956. The highest BCUT2D eigenvalue weighted by molar-refractivity contribution is 7.99. The number of carbonyl (C=O) groups excluding carboxylic acids is 2. The van der Waals surface area contributed by atoms with Gasteiger partial charge in [0, 0.05) is 28.9 Å². The van der Waals surface area contributed by atoms with Crippen LogP contribution in [0, 0.1) is 0 Å². The molecule has 2 aromatic rings. The molecule has 0 spiro atoms. The Morgan fingerprint density at radius 3 is 2.34 bits per heavy atom. The number of amides is 2. The maximum Gasteiger partial charge on any atom is 0.242 e. The summed E-state index contributed by atoms with van der Waals surface area (Å²) in [6.45, 7) is 6.16. The molecule has 2 amide bonds. The summed E-state index contributed by atoms with van der Waals surface area (Å²) in [6, 6.07) is 14.8. The van der Waals surface area contributed by atoms with Crippen LogP contribution in [0.15, 0.2) is 53.4 Å². The number of carbonyl (C=O) groups is 2. The van der Waals surface area contributed by atoms with Crippen LogP contribution in [0.5, 0.6) is 5.75 Å². The van der Waals surface area contributed by atoms with Gasteiger partial charge < -0.3 is 15.0 Å². The molecule has 0 aromatic heterocycles. The predicted octanol–water partition coefficient (Wildman–Crippen LogP) is 5.55. The smallest absolute Gasteiger partial charge is 0.242 e. The molecule has 174 valence electrons. The van der Waals surface area contributed by atoms with E-state index >= 15 is 0 Å². The number of hydrogen-bond acceptors (Lipinski definition) is 4. The van der Waals surface area contributed by atoms with Crippen molar-refractivity contribution in [3.63, 3.8) is 0 Å². The summed E-state index contributed by atoms with van der Waals surface area (Å²) in [5.74, 6) is 1.42. The summed E-state index contributed by atoms with van der Waals surface area (Å²) in [6.07, 6.45) is 1.95. The predicted molar refractivity (Wildman–Crippen MR) is 132 cm³/mol. The number of rotatable bonds is 12. The van der Waals surface area contributed by atoms with Crippen LogP contribution in [0.2, 0.25) is 5.02 Å². The molecule has 2 aromatic carbocycles. The van der Waals surface area contributed by atoms with Crippen LogP contribution in [0.3, 0.4) is 0 Å². The second kappa shape index (κ2) is 13.4. The van der Waals surface area contributed by atoms with Gasteiger partial charge in [0.05, 0.1) is 7.11 Å². The van der Waals surface area contributed by atoms with E-state index in [0.29, 0.717) is 18.0 Å². The quantitative estimate of drug-likeness (QED) is 0.322. The number of thioether (sulfide) groups is 1. The molecule has 1 N–H and O–H groups in total. The summed E-state index contributed by atoms with van der Waals surface area (Å²) in [4.78, 5) is 28.7. The van der Waals surface area contributed by atoms with Gasteiger partial charge in [-0.15, -0.1) is 11.8 Å². The fraction of sp³-hybridized carbons (Fsp3) is 0.440. The largest absolute Gasteiger partial charge is 0.497 e. The SMILES string of the molecule is CC[C@H](C)NC(=O)[C@H](C)N(Cc1ccc(OC)cc1)C(=O)CCCSc1ccc(Cl)cc1. The number of ether oxygens (including phenoxy) is 1. The maximum absolute atomic E-state index is 13.1. The van der Waals surface area contributed by atoms with Gasteiger partial charge in [-0.3, -0.25) is 9.59 Å². The molecule has 2 atom stereocenters. The fourth-order valence-electron chi connectivity index (χ4n) is 3.06. The van der Waals surface area contributed by atoms with Gasteiger partial charge in [-0.25, -0.2) is 0 Å². The molecule has 0 saturated carbocycles. The highest BCUT2D eigenvalue weighted by Crippen LogP contribution is 2.22. The normalized spacial score (nSPS) is 12.7. The van der Waals surface area contributed by atoms with Crippen LogP contribution in [-0.4, -0.2) is 41.7 Å². The van der Waals surface area contributed by atoms with Gasteiger partial charge >= 0.3 is 0 Å². The molecule has 0 radical (unpaired) electrons. The zero-order valence-electron chi connectivity index (χ0n) is 19.3. The van der Waals surface area contributed by atoms with Crippen molar-refractivity contribution in [2.75, 3.05) is 12.9 Å². The molecule has 0 heterocycles. The summed E-state index contributed by atoms with van der Waals surface area (Å²) in [5, 5.41) is 3.71. The average Bonchev–Trinajstić information content (AvgIpc) is 2.81.